The number of piperazine rings is 1. The molecular formula is C15H18N4O3. The van der Waals surface area contributed by atoms with Crippen LogP contribution >= 0.6 is 0 Å². The van der Waals surface area contributed by atoms with Crippen LogP contribution in [0.3, 0.4) is 0 Å². The lowest BCUT2D eigenvalue weighted by Gasteiger charge is -2.34. The van der Waals surface area contributed by atoms with Crippen molar-refractivity contribution in [1.29, 1.82) is 0 Å². The number of hydrogen-bond acceptors (Lipinski definition) is 6. The van der Waals surface area contributed by atoms with E-state index < -0.39 is 0 Å². The van der Waals surface area contributed by atoms with Crippen LogP contribution in [0.2, 0.25) is 0 Å². The van der Waals surface area contributed by atoms with E-state index in [0.29, 0.717) is 43.8 Å². The molecule has 0 saturated carbocycles. The zero-order chi connectivity index (χ0) is 15.5. The van der Waals surface area contributed by atoms with Crippen molar-refractivity contribution < 1.29 is 13.9 Å². The predicted octanol–water partition coefficient (Wildman–Crippen LogP) is 1.35. The van der Waals surface area contributed by atoms with E-state index in [4.69, 9.17) is 9.15 Å². The van der Waals surface area contributed by atoms with Gasteiger partial charge in [-0.1, -0.05) is 0 Å². The number of rotatable bonds is 3. The number of hydrogen-bond donors (Lipinski definition) is 0. The van der Waals surface area contributed by atoms with Crippen LogP contribution in [0.4, 0.5) is 5.95 Å². The highest BCUT2D eigenvalue weighted by atomic mass is 16.5. The van der Waals surface area contributed by atoms with E-state index >= 15 is 0 Å². The summed E-state index contributed by atoms with van der Waals surface area (Å²) in [7, 11) is 1.59. The van der Waals surface area contributed by atoms with Gasteiger partial charge < -0.3 is 19.0 Å². The normalized spacial score (nSPS) is 15.0. The van der Waals surface area contributed by atoms with E-state index in [1.165, 1.54) is 6.26 Å². The second-order valence-electron chi connectivity index (χ2n) is 5.11. The Morgan fingerprint density at radius 1 is 1.27 bits per heavy atom. The molecule has 0 atom stereocenters. The maximum Gasteiger partial charge on any atom is 0.289 e. The van der Waals surface area contributed by atoms with Crippen LogP contribution in [-0.4, -0.2) is 54.1 Å². The topological polar surface area (TPSA) is 71.7 Å². The minimum atomic E-state index is -0.0765. The number of amides is 1. The fraction of sp³-hybridized carbons (Fsp3) is 0.400. The number of carbonyl (C=O) groups excluding carboxylic acids is 1. The summed E-state index contributed by atoms with van der Waals surface area (Å²) in [6.07, 6.45) is 1.51. The minimum Gasteiger partial charge on any atom is -0.481 e. The van der Waals surface area contributed by atoms with Crippen molar-refractivity contribution >= 4 is 11.9 Å². The second-order valence-corrected chi connectivity index (χ2v) is 5.11. The van der Waals surface area contributed by atoms with Gasteiger partial charge in [0.15, 0.2) is 5.76 Å². The summed E-state index contributed by atoms with van der Waals surface area (Å²) in [5.74, 6) is 1.49. The lowest BCUT2D eigenvalue weighted by molar-refractivity contribution is 0.0714. The molecule has 1 saturated heterocycles. The summed E-state index contributed by atoms with van der Waals surface area (Å²) >= 11 is 0. The molecule has 1 aliphatic heterocycles. The van der Waals surface area contributed by atoms with Gasteiger partial charge in [-0.2, -0.15) is 4.98 Å². The lowest BCUT2D eigenvalue weighted by Crippen LogP contribution is -2.49. The monoisotopic (exact) mass is 302 g/mol. The van der Waals surface area contributed by atoms with Gasteiger partial charge in [0, 0.05) is 37.9 Å². The van der Waals surface area contributed by atoms with E-state index in [0.717, 1.165) is 5.69 Å². The fourth-order valence-electron chi connectivity index (χ4n) is 2.44. The highest BCUT2D eigenvalue weighted by Crippen LogP contribution is 2.17. The summed E-state index contributed by atoms with van der Waals surface area (Å²) in [6, 6.07) is 5.19. The number of ether oxygens (including phenoxy) is 1. The van der Waals surface area contributed by atoms with Crippen LogP contribution in [0, 0.1) is 6.92 Å². The molecule has 0 N–H and O–H groups in total. The standard InChI is InChI=1S/C15H18N4O3/c1-11-10-13(21-2)17-15(16-11)19-7-5-18(6-8-19)14(20)12-4-3-9-22-12/h3-4,9-10H,5-8H2,1-2H3. The highest BCUT2D eigenvalue weighted by molar-refractivity contribution is 5.91. The largest absolute Gasteiger partial charge is 0.481 e. The SMILES string of the molecule is COc1cc(C)nc(N2CCN(C(=O)c3ccco3)CC2)n1. The first-order chi connectivity index (χ1) is 10.7. The molecule has 0 unspecified atom stereocenters. The average Bonchev–Trinajstić information content (AvgIpc) is 3.08. The van der Waals surface area contributed by atoms with Gasteiger partial charge in [0.1, 0.15) is 0 Å². The van der Waals surface area contributed by atoms with Gasteiger partial charge >= 0.3 is 0 Å². The first-order valence-electron chi connectivity index (χ1n) is 7.15. The van der Waals surface area contributed by atoms with Crippen molar-refractivity contribution in [3.63, 3.8) is 0 Å². The number of aryl methyl sites for hydroxylation is 1. The quantitative estimate of drug-likeness (QED) is 0.852. The molecule has 116 valence electrons. The van der Waals surface area contributed by atoms with Gasteiger partial charge in [-0.25, -0.2) is 4.98 Å². The first kappa shape index (κ1) is 14.4. The number of nitrogens with zero attached hydrogens (tertiary/aromatic N) is 4. The minimum absolute atomic E-state index is 0.0765. The smallest absolute Gasteiger partial charge is 0.289 e. The number of furan rings is 1. The van der Waals surface area contributed by atoms with Crippen molar-refractivity contribution in [2.45, 2.75) is 6.92 Å². The molecular weight excluding hydrogens is 284 g/mol. The van der Waals surface area contributed by atoms with Crippen molar-refractivity contribution in [2.24, 2.45) is 0 Å². The first-order valence-corrected chi connectivity index (χ1v) is 7.15. The van der Waals surface area contributed by atoms with Crippen LogP contribution in [0.15, 0.2) is 28.9 Å². The van der Waals surface area contributed by atoms with E-state index in [2.05, 4.69) is 14.9 Å². The molecule has 22 heavy (non-hydrogen) atoms. The number of aromatic nitrogens is 2. The summed E-state index contributed by atoms with van der Waals surface area (Å²) in [5, 5.41) is 0. The Bertz CT molecular complexity index is 649. The van der Waals surface area contributed by atoms with Gasteiger partial charge in [-0.05, 0) is 19.1 Å². The molecule has 2 aromatic rings. The van der Waals surface area contributed by atoms with Gasteiger partial charge in [-0.3, -0.25) is 4.79 Å². The van der Waals surface area contributed by atoms with E-state index in [9.17, 15) is 4.79 Å². The third kappa shape index (κ3) is 2.88. The zero-order valence-corrected chi connectivity index (χ0v) is 12.7. The molecule has 1 amide bonds. The molecule has 0 spiro atoms. The Morgan fingerprint density at radius 2 is 2.05 bits per heavy atom. The van der Waals surface area contributed by atoms with Crippen molar-refractivity contribution in [3.8, 4) is 5.88 Å². The molecule has 7 heteroatoms. The van der Waals surface area contributed by atoms with Crippen LogP contribution in [0.5, 0.6) is 5.88 Å². The van der Waals surface area contributed by atoms with E-state index in [-0.39, 0.29) is 5.91 Å². The number of methoxy groups -OCH3 is 1. The van der Waals surface area contributed by atoms with Gasteiger partial charge in [-0.15, -0.1) is 0 Å². The number of carbonyl (C=O) groups is 1. The third-order valence-corrected chi connectivity index (χ3v) is 3.61. The summed E-state index contributed by atoms with van der Waals surface area (Å²) in [6.45, 7) is 4.49. The summed E-state index contributed by atoms with van der Waals surface area (Å²) in [5.41, 5.74) is 0.857. The van der Waals surface area contributed by atoms with Crippen LogP contribution in [0.25, 0.3) is 0 Å². The van der Waals surface area contributed by atoms with Crippen molar-refractivity contribution in [2.75, 3.05) is 38.2 Å². The zero-order valence-electron chi connectivity index (χ0n) is 12.7. The fourth-order valence-corrected chi connectivity index (χ4v) is 2.44. The molecule has 7 nitrogen and oxygen atoms in total. The van der Waals surface area contributed by atoms with Crippen LogP contribution in [-0.2, 0) is 0 Å². The van der Waals surface area contributed by atoms with Gasteiger partial charge in [0.05, 0.1) is 13.4 Å². The van der Waals surface area contributed by atoms with Crippen molar-refractivity contribution in [3.05, 3.63) is 35.9 Å². The lowest BCUT2D eigenvalue weighted by atomic mass is 10.3. The molecule has 2 aromatic heterocycles. The maximum absolute atomic E-state index is 12.2. The van der Waals surface area contributed by atoms with Crippen LogP contribution < -0.4 is 9.64 Å². The molecule has 0 aromatic carbocycles. The Kier molecular flexibility index (Phi) is 3.95. The Labute approximate surface area is 128 Å². The maximum atomic E-state index is 12.2. The molecule has 0 bridgehead atoms. The number of anilines is 1. The Morgan fingerprint density at radius 3 is 2.68 bits per heavy atom. The Balaban J connectivity index is 1.67. The molecule has 3 rings (SSSR count). The third-order valence-electron chi connectivity index (χ3n) is 3.61. The van der Waals surface area contributed by atoms with E-state index in [1.807, 2.05) is 6.92 Å². The van der Waals surface area contributed by atoms with E-state index in [1.54, 1.807) is 30.2 Å². The molecule has 1 fully saturated rings. The average molecular weight is 302 g/mol. The predicted molar refractivity (Wildman–Crippen MR) is 80.1 cm³/mol. The van der Waals surface area contributed by atoms with Crippen LogP contribution in [0.1, 0.15) is 16.2 Å². The molecule has 0 aliphatic carbocycles. The highest BCUT2D eigenvalue weighted by Gasteiger charge is 2.25. The molecule has 3 heterocycles. The summed E-state index contributed by atoms with van der Waals surface area (Å²) < 4.78 is 10.3. The van der Waals surface area contributed by atoms with Crippen molar-refractivity contribution in [1.82, 2.24) is 14.9 Å². The van der Waals surface area contributed by atoms with Gasteiger partial charge in [0.2, 0.25) is 11.8 Å². The Hall–Kier alpha value is -2.57. The van der Waals surface area contributed by atoms with Gasteiger partial charge in [0.25, 0.3) is 5.91 Å². The summed E-state index contributed by atoms with van der Waals surface area (Å²) in [4.78, 5) is 24.9. The second kappa shape index (κ2) is 6.05. The molecule has 0 radical (unpaired) electrons. The molecule has 1 aliphatic rings.